The second kappa shape index (κ2) is 4.61. The van der Waals surface area contributed by atoms with Crippen LogP contribution in [0.5, 0.6) is 0 Å². The molecule has 0 aliphatic heterocycles. The molecule has 102 valence electrons. The molecule has 18 heavy (non-hydrogen) atoms. The van der Waals surface area contributed by atoms with Gasteiger partial charge in [-0.15, -0.1) is 0 Å². The molecule has 1 unspecified atom stereocenters. The van der Waals surface area contributed by atoms with Crippen LogP contribution < -0.4 is 0 Å². The molecule has 2 aliphatic carbocycles. The van der Waals surface area contributed by atoms with Crippen LogP contribution >= 0.6 is 0 Å². The average Bonchev–Trinajstić information content (AvgIpc) is 2.28. The Morgan fingerprint density at radius 1 is 1.11 bits per heavy atom. The summed E-state index contributed by atoms with van der Waals surface area (Å²) >= 11 is 0. The minimum atomic E-state index is -4.75. The van der Waals surface area contributed by atoms with Crippen LogP contribution in [0.15, 0.2) is 23.5 Å². The number of rotatable bonds is 1. The molecule has 2 aliphatic rings. The largest absolute Gasteiger partial charge is 0.512 e. The van der Waals surface area contributed by atoms with Crippen LogP contribution in [0.2, 0.25) is 0 Å². The summed E-state index contributed by atoms with van der Waals surface area (Å²) in [5, 5.41) is 19.3. The van der Waals surface area contributed by atoms with E-state index in [1.54, 1.807) is 0 Å². The van der Waals surface area contributed by atoms with Crippen LogP contribution in [0.3, 0.4) is 0 Å². The van der Waals surface area contributed by atoms with Crippen molar-refractivity contribution < 1.29 is 23.4 Å². The second-order valence-electron chi connectivity index (χ2n) is 5.15. The molecule has 0 amide bonds. The molecule has 0 aromatic rings. The van der Waals surface area contributed by atoms with E-state index < -0.39 is 24.0 Å². The van der Waals surface area contributed by atoms with E-state index in [-0.39, 0.29) is 11.5 Å². The Morgan fingerprint density at radius 3 is 2.28 bits per heavy atom. The maximum Gasteiger partial charge on any atom is 0.421 e. The summed E-state index contributed by atoms with van der Waals surface area (Å²) in [7, 11) is 0. The normalized spacial score (nSPS) is 30.9. The lowest BCUT2D eigenvalue weighted by molar-refractivity contribution is -0.248. The van der Waals surface area contributed by atoms with Gasteiger partial charge in [0.05, 0.1) is 5.76 Å². The van der Waals surface area contributed by atoms with Gasteiger partial charge in [-0.2, -0.15) is 13.2 Å². The highest BCUT2D eigenvalue weighted by Crippen LogP contribution is 2.47. The van der Waals surface area contributed by atoms with Gasteiger partial charge in [-0.25, -0.2) is 0 Å². The van der Waals surface area contributed by atoms with Crippen molar-refractivity contribution in [3.63, 3.8) is 0 Å². The van der Waals surface area contributed by atoms with E-state index in [0.29, 0.717) is 12.8 Å². The Morgan fingerprint density at radius 2 is 1.72 bits per heavy atom. The smallest absolute Gasteiger partial charge is 0.421 e. The zero-order valence-corrected chi connectivity index (χ0v) is 10.0. The maximum absolute atomic E-state index is 13.1. The molecule has 0 spiro atoms. The standard InChI is InChI=1S/C13H17F3O2/c14-13(15,16)12(18)8-10(17)6-7-11(12)9-4-2-1-3-5-9/h6-7,9,17-18H,1-5,8H2. The molecule has 0 aromatic heterocycles. The molecule has 0 radical (unpaired) electrons. The van der Waals surface area contributed by atoms with Crippen LogP contribution in [-0.4, -0.2) is 22.0 Å². The Hall–Kier alpha value is -0.970. The van der Waals surface area contributed by atoms with E-state index in [1.165, 1.54) is 12.2 Å². The number of aliphatic hydroxyl groups excluding tert-OH is 1. The summed E-state index contributed by atoms with van der Waals surface area (Å²) in [4.78, 5) is 0. The Labute approximate surface area is 104 Å². The van der Waals surface area contributed by atoms with Crippen molar-refractivity contribution in [1.82, 2.24) is 0 Å². The van der Waals surface area contributed by atoms with Crippen molar-refractivity contribution in [3.8, 4) is 0 Å². The molecule has 2 nitrogen and oxygen atoms in total. The van der Waals surface area contributed by atoms with E-state index in [9.17, 15) is 23.4 Å². The lowest BCUT2D eigenvalue weighted by atomic mass is 9.73. The number of allylic oxidation sites excluding steroid dienone is 2. The molecule has 0 saturated heterocycles. The quantitative estimate of drug-likeness (QED) is 0.757. The monoisotopic (exact) mass is 262 g/mol. The topological polar surface area (TPSA) is 40.5 Å². The maximum atomic E-state index is 13.1. The van der Waals surface area contributed by atoms with Gasteiger partial charge in [0.25, 0.3) is 0 Å². The Balaban J connectivity index is 2.33. The zero-order valence-electron chi connectivity index (χ0n) is 10.0. The second-order valence-corrected chi connectivity index (χ2v) is 5.15. The number of halogens is 3. The van der Waals surface area contributed by atoms with Crippen molar-refractivity contribution in [2.24, 2.45) is 5.92 Å². The van der Waals surface area contributed by atoms with Gasteiger partial charge >= 0.3 is 6.18 Å². The minimum Gasteiger partial charge on any atom is -0.512 e. The van der Waals surface area contributed by atoms with Gasteiger partial charge in [0.1, 0.15) is 0 Å². The van der Waals surface area contributed by atoms with E-state index in [0.717, 1.165) is 19.3 Å². The number of hydrogen-bond donors (Lipinski definition) is 2. The molecule has 0 bridgehead atoms. The molecular weight excluding hydrogens is 245 g/mol. The van der Waals surface area contributed by atoms with Crippen LogP contribution in [0, 0.1) is 5.92 Å². The van der Waals surface area contributed by atoms with Crippen LogP contribution in [0.25, 0.3) is 0 Å². The summed E-state index contributed by atoms with van der Waals surface area (Å²) in [6.07, 6.45) is 1.19. The third-order valence-electron chi connectivity index (χ3n) is 3.88. The van der Waals surface area contributed by atoms with Crippen LogP contribution in [-0.2, 0) is 0 Å². The van der Waals surface area contributed by atoms with E-state index in [4.69, 9.17) is 0 Å². The molecule has 2 N–H and O–H groups in total. The van der Waals surface area contributed by atoms with Gasteiger partial charge in [-0.1, -0.05) is 25.3 Å². The van der Waals surface area contributed by atoms with E-state index in [2.05, 4.69) is 0 Å². The lowest BCUT2D eigenvalue weighted by Gasteiger charge is -2.39. The van der Waals surface area contributed by atoms with Crippen molar-refractivity contribution in [1.29, 1.82) is 0 Å². The Bertz CT molecular complexity index is 378. The first-order chi connectivity index (χ1) is 8.34. The van der Waals surface area contributed by atoms with Gasteiger partial charge in [0.15, 0.2) is 5.60 Å². The molecular formula is C13H17F3O2. The van der Waals surface area contributed by atoms with Crippen LogP contribution in [0.1, 0.15) is 38.5 Å². The fraction of sp³-hybridized carbons (Fsp3) is 0.692. The third-order valence-corrected chi connectivity index (χ3v) is 3.88. The van der Waals surface area contributed by atoms with Gasteiger partial charge in [-0.3, -0.25) is 0 Å². The lowest BCUT2D eigenvalue weighted by Crippen LogP contribution is -2.50. The fourth-order valence-corrected chi connectivity index (χ4v) is 2.90. The highest BCUT2D eigenvalue weighted by Gasteiger charge is 2.58. The molecule has 0 aromatic carbocycles. The van der Waals surface area contributed by atoms with Gasteiger partial charge in [0, 0.05) is 6.42 Å². The summed E-state index contributed by atoms with van der Waals surface area (Å²) in [5.41, 5.74) is -2.87. The molecule has 1 saturated carbocycles. The summed E-state index contributed by atoms with van der Waals surface area (Å²) in [5.74, 6) is -0.649. The molecule has 1 fully saturated rings. The van der Waals surface area contributed by atoms with Gasteiger partial charge in [-0.05, 0) is 30.4 Å². The summed E-state index contributed by atoms with van der Waals surface area (Å²) in [6.45, 7) is 0. The van der Waals surface area contributed by atoms with Crippen molar-refractivity contribution in [3.05, 3.63) is 23.5 Å². The number of alkyl halides is 3. The highest BCUT2D eigenvalue weighted by atomic mass is 19.4. The summed E-state index contributed by atoms with van der Waals surface area (Å²) < 4.78 is 39.2. The first kappa shape index (κ1) is 13.5. The Kier molecular flexibility index (Phi) is 3.45. The first-order valence-electron chi connectivity index (χ1n) is 6.24. The van der Waals surface area contributed by atoms with E-state index >= 15 is 0 Å². The number of hydrogen-bond acceptors (Lipinski definition) is 2. The first-order valence-corrected chi connectivity index (χ1v) is 6.24. The number of aliphatic hydroxyl groups is 2. The molecule has 1 atom stereocenters. The van der Waals surface area contributed by atoms with Crippen molar-refractivity contribution in [2.75, 3.05) is 0 Å². The third kappa shape index (κ3) is 2.28. The highest BCUT2D eigenvalue weighted by molar-refractivity contribution is 5.34. The average molecular weight is 262 g/mol. The predicted octanol–water partition coefficient (Wildman–Crippen LogP) is 3.63. The van der Waals surface area contributed by atoms with Crippen molar-refractivity contribution in [2.45, 2.75) is 50.3 Å². The fourth-order valence-electron chi connectivity index (χ4n) is 2.90. The molecule has 2 rings (SSSR count). The molecule has 5 heteroatoms. The zero-order chi connectivity index (χ0) is 13.4. The predicted molar refractivity (Wildman–Crippen MR) is 61.0 cm³/mol. The van der Waals surface area contributed by atoms with Crippen LogP contribution in [0.4, 0.5) is 13.2 Å². The van der Waals surface area contributed by atoms with Gasteiger partial charge < -0.3 is 10.2 Å². The van der Waals surface area contributed by atoms with Crippen molar-refractivity contribution >= 4 is 0 Å². The summed E-state index contributed by atoms with van der Waals surface area (Å²) in [6, 6.07) is 0. The minimum absolute atomic E-state index is 0.0208. The SMILES string of the molecule is OC1=CC=C(C2CCCCC2)C(O)(C(F)(F)F)C1. The van der Waals surface area contributed by atoms with E-state index in [1.807, 2.05) is 0 Å². The molecule has 0 heterocycles. The van der Waals surface area contributed by atoms with Gasteiger partial charge in [0.2, 0.25) is 0 Å².